The van der Waals surface area contributed by atoms with Gasteiger partial charge in [0.2, 0.25) is 5.91 Å². The van der Waals surface area contributed by atoms with E-state index in [4.69, 9.17) is 16.3 Å². The van der Waals surface area contributed by atoms with E-state index >= 15 is 0 Å². The molecule has 0 aromatic heterocycles. The molecule has 1 aromatic carbocycles. The Hall–Kier alpha value is -0.660. The minimum absolute atomic E-state index is 0.0588. The van der Waals surface area contributed by atoms with Gasteiger partial charge in [-0.3, -0.25) is 14.6 Å². The number of rotatable bonds is 4. The lowest BCUT2D eigenvalue weighted by Gasteiger charge is -2.39. The normalized spacial score (nSPS) is 21.3. The van der Waals surface area contributed by atoms with E-state index in [1.54, 1.807) is 0 Å². The van der Waals surface area contributed by atoms with Crippen LogP contribution in [0.4, 0.5) is 0 Å². The molecule has 1 unspecified atom stereocenters. The maximum atomic E-state index is 12.6. The highest BCUT2D eigenvalue weighted by Crippen LogP contribution is 2.23. The van der Waals surface area contributed by atoms with Crippen molar-refractivity contribution in [3.63, 3.8) is 0 Å². The summed E-state index contributed by atoms with van der Waals surface area (Å²) in [6.45, 7) is 9.33. The Morgan fingerprint density at radius 2 is 1.88 bits per heavy atom. The molecule has 0 aliphatic carbocycles. The minimum Gasteiger partial charge on any atom is -0.378 e. The zero-order valence-electron chi connectivity index (χ0n) is 14.6. The number of ether oxygens (including phenoxy) is 1. The molecule has 5 nitrogen and oxygen atoms in total. The SMILES string of the molecule is CC(C(=O)N1CCOCC1)N1CCN(Cc2ccc(Br)cc2Cl)CC1. The van der Waals surface area contributed by atoms with Gasteiger partial charge in [-0.25, -0.2) is 0 Å². The van der Waals surface area contributed by atoms with Crippen molar-refractivity contribution in [2.45, 2.75) is 19.5 Å². The third-order valence-corrected chi connectivity index (χ3v) is 5.89. The van der Waals surface area contributed by atoms with Gasteiger partial charge < -0.3 is 9.64 Å². The van der Waals surface area contributed by atoms with E-state index in [1.165, 1.54) is 0 Å². The van der Waals surface area contributed by atoms with Gasteiger partial charge >= 0.3 is 0 Å². The molecule has 0 N–H and O–H groups in total. The van der Waals surface area contributed by atoms with Crippen LogP contribution in [0.1, 0.15) is 12.5 Å². The summed E-state index contributed by atoms with van der Waals surface area (Å²) in [5.41, 5.74) is 1.15. The Labute approximate surface area is 163 Å². The number of hydrogen-bond donors (Lipinski definition) is 0. The number of benzene rings is 1. The van der Waals surface area contributed by atoms with Crippen LogP contribution in [0, 0.1) is 0 Å². The Balaban J connectivity index is 1.50. The zero-order valence-corrected chi connectivity index (χ0v) is 16.9. The van der Waals surface area contributed by atoms with Crippen LogP contribution in [0.3, 0.4) is 0 Å². The summed E-state index contributed by atoms with van der Waals surface area (Å²) in [4.78, 5) is 19.3. The van der Waals surface area contributed by atoms with Crippen molar-refractivity contribution in [1.82, 2.24) is 14.7 Å². The van der Waals surface area contributed by atoms with Crippen molar-refractivity contribution in [3.8, 4) is 0 Å². The van der Waals surface area contributed by atoms with E-state index in [2.05, 4.69) is 31.8 Å². The van der Waals surface area contributed by atoms with Crippen LogP contribution in [0.25, 0.3) is 0 Å². The number of halogens is 2. The lowest BCUT2D eigenvalue weighted by atomic mass is 10.1. The van der Waals surface area contributed by atoms with Gasteiger partial charge in [-0.15, -0.1) is 0 Å². The van der Waals surface area contributed by atoms with Gasteiger partial charge in [0, 0.05) is 55.3 Å². The molecular formula is C18H25BrClN3O2. The Kier molecular flexibility index (Phi) is 6.74. The maximum absolute atomic E-state index is 12.6. The molecular weight excluding hydrogens is 406 g/mol. The van der Waals surface area contributed by atoms with Crippen molar-refractivity contribution in [2.24, 2.45) is 0 Å². The molecule has 1 atom stereocenters. The number of carbonyl (C=O) groups is 1. The summed E-state index contributed by atoms with van der Waals surface area (Å²) in [5, 5.41) is 0.799. The predicted molar refractivity (Wildman–Crippen MR) is 103 cm³/mol. The number of carbonyl (C=O) groups excluding carboxylic acids is 1. The van der Waals surface area contributed by atoms with Crippen LogP contribution >= 0.6 is 27.5 Å². The van der Waals surface area contributed by atoms with E-state index < -0.39 is 0 Å². The number of hydrogen-bond acceptors (Lipinski definition) is 4. The summed E-state index contributed by atoms with van der Waals surface area (Å²) in [7, 11) is 0. The zero-order chi connectivity index (χ0) is 17.8. The first-order chi connectivity index (χ1) is 12.0. The fourth-order valence-electron chi connectivity index (χ4n) is 3.40. The Bertz CT molecular complexity index is 602. The summed E-state index contributed by atoms with van der Waals surface area (Å²) >= 11 is 9.77. The highest BCUT2D eigenvalue weighted by Gasteiger charge is 2.29. The molecule has 2 aliphatic heterocycles. The van der Waals surface area contributed by atoms with Crippen LogP contribution < -0.4 is 0 Å². The molecule has 2 heterocycles. The third kappa shape index (κ3) is 4.95. The summed E-state index contributed by atoms with van der Waals surface area (Å²) < 4.78 is 6.34. The van der Waals surface area contributed by atoms with Crippen LogP contribution in [0.15, 0.2) is 22.7 Å². The largest absolute Gasteiger partial charge is 0.378 e. The van der Waals surface area contributed by atoms with Crippen molar-refractivity contribution >= 4 is 33.4 Å². The van der Waals surface area contributed by atoms with Gasteiger partial charge in [0.05, 0.1) is 19.3 Å². The second-order valence-electron chi connectivity index (χ2n) is 6.66. The lowest BCUT2D eigenvalue weighted by molar-refractivity contribution is -0.141. The molecule has 0 radical (unpaired) electrons. The molecule has 138 valence electrons. The first-order valence-corrected chi connectivity index (χ1v) is 9.98. The molecule has 2 aliphatic rings. The van der Waals surface area contributed by atoms with Crippen molar-refractivity contribution < 1.29 is 9.53 Å². The predicted octanol–water partition coefficient (Wildman–Crippen LogP) is 2.47. The third-order valence-electron chi connectivity index (χ3n) is 5.04. The van der Waals surface area contributed by atoms with Gasteiger partial charge in [0.1, 0.15) is 0 Å². The second-order valence-corrected chi connectivity index (χ2v) is 7.98. The van der Waals surface area contributed by atoms with Crippen molar-refractivity contribution in [3.05, 3.63) is 33.3 Å². The standard InChI is InChI=1S/C18H25BrClN3O2/c1-14(18(24)23-8-10-25-11-9-23)22-6-4-21(5-7-22)13-15-2-3-16(19)12-17(15)20/h2-3,12,14H,4-11,13H2,1H3. The van der Waals surface area contributed by atoms with E-state index in [1.807, 2.05) is 24.0 Å². The molecule has 7 heteroatoms. The van der Waals surface area contributed by atoms with Crippen LogP contribution in [-0.4, -0.2) is 79.1 Å². The van der Waals surface area contributed by atoms with E-state index in [-0.39, 0.29) is 11.9 Å². The van der Waals surface area contributed by atoms with E-state index in [0.29, 0.717) is 26.3 Å². The Morgan fingerprint density at radius 3 is 2.52 bits per heavy atom. The summed E-state index contributed by atoms with van der Waals surface area (Å²) in [6.07, 6.45) is 0. The van der Waals surface area contributed by atoms with E-state index in [9.17, 15) is 4.79 Å². The monoisotopic (exact) mass is 429 g/mol. The quantitative estimate of drug-likeness (QED) is 0.735. The summed E-state index contributed by atoms with van der Waals surface area (Å²) in [5.74, 6) is 0.229. The highest BCUT2D eigenvalue weighted by atomic mass is 79.9. The average molecular weight is 431 g/mol. The average Bonchev–Trinajstić information content (AvgIpc) is 2.64. The molecule has 0 spiro atoms. The lowest BCUT2D eigenvalue weighted by Crippen LogP contribution is -2.55. The fraction of sp³-hybridized carbons (Fsp3) is 0.611. The minimum atomic E-state index is -0.0588. The smallest absolute Gasteiger partial charge is 0.239 e. The summed E-state index contributed by atoms with van der Waals surface area (Å²) in [6, 6.07) is 5.98. The molecule has 3 rings (SSSR count). The fourth-order valence-corrected chi connectivity index (χ4v) is 4.14. The van der Waals surface area contributed by atoms with Gasteiger partial charge in [-0.1, -0.05) is 33.6 Å². The molecule has 2 fully saturated rings. The highest BCUT2D eigenvalue weighted by molar-refractivity contribution is 9.10. The maximum Gasteiger partial charge on any atom is 0.239 e. The molecule has 0 bridgehead atoms. The number of morpholine rings is 1. The van der Waals surface area contributed by atoms with Crippen LogP contribution in [0.5, 0.6) is 0 Å². The van der Waals surface area contributed by atoms with Crippen LogP contribution in [-0.2, 0) is 16.1 Å². The Morgan fingerprint density at radius 1 is 1.20 bits per heavy atom. The van der Waals surface area contributed by atoms with Crippen molar-refractivity contribution in [2.75, 3.05) is 52.5 Å². The van der Waals surface area contributed by atoms with Gasteiger partial charge in [-0.05, 0) is 24.6 Å². The molecule has 1 aromatic rings. The van der Waals surface area contributed by atoms with Crippen LogP contribution in [0.2, 0.25) is 5.02 Å². The van der Waals surface area contributed by atoms with Gasteiger partial charge in [0.15, 0.2) is 0 Å². The molecule has 2 saturated heterocycles. The first-order valence-electron chi connectivity index (χ1n) is 8.81. The molecule has 0 saturated carbocycles. The van der Waals surface area contributed by atoms with Gasteiger partial charge in [-0.2, -0.15) is 0 Å². The number of piperazine rings is 1. The van der Waals surface area contributed by atoms with Crippen molar-refractivity contribution in [1.29, 1.82) is 0 Å². The number of nitrogens with zero attached hydrogens (tertiary/aromatic N) is 3. The molecule has 1 amide bonds. The first kappa shape index (κ1) is 19.1. The van der Waals surface area contributed by atoms with E-state index in [0.717, 1.165) is 47.8 Å². The topological polar surface area (TPSA) is 36.0 Å². The van der Waals surface area contributed by atoms with Gasteiger partial charge in [0.25, 0.3) is 0 Å². The number of amides is 1. The molecule has 25 heavy (non-hydrogen) atoms. The second kappa shape index (κ2) is 8.82.